The molecule has 1 rings (SSSR count). The lowest BCUT2D eigenvalue weighted by Crippen LogP contribution is -2.45. The van der Waals surface area contributed by atoms with Gasteiger partial charge >= 0.3 is 5.97 Å². The standard InChI is InChI=1S/C17H31NO3/c1-3-5-7-8-9-11-14(10-6-4-2)18-15(17(20)21)12-13-16(18)19/h14-15H,3-13H2,1-2H3,(H,20,21). The summed E-state index contributed by atoms with van der Waals surface area (Å²) in [4.78, 5) is 25.1. The number of unbranched alkanes of at least 4 members (excludes halogenated alkanes) is 5. The van der Waals surface area contributed by atoms with E-state index in [-0.39, 0.29) is 11.9 Å². The van der Waals surface area contributed by atoms with Crippen molar-refractivity contribution in [1.82, 2.24) is 4.90 Å². The molecule has 4 nitrogen and oxygen atoms in total. The zero-order valence-corrected chi connectivity index (χ0v) is 13.6. The number of hydrogen-bond donors (Lipinski definition) is 1. The Morgan fingerprint density at radius 2 is 1.76 bits per heavy atom. The molecule has 1 saturated heterocycles. The van der Waals surface area contributed by atoms with Crippen molar-refractivity contribution < 1.29 is 14.7 Å². The van der Waals surface area contributed by atoms with E-state index < -0.39 is 12.0 Å². The number of carbonyl (C=O) groups excluding carboxylic acids is 1. The van der Waals surface area contributed by atoms with Crippen LogP contribution in [0.4, 0.5) is 0 Å². The maximum atomic E-state index is 12.1. The van der Waals surface area contributed by atoms with Crippen LogP contribution in [0.5, 0.6) is 0 Å². The zero-order chi connectivity index (χ0) is 15.7. The number of aliphatic carboxylic acids is 1. The van der Waals surface area contributed by atoms with Crippen LogP contribution in [0.25, 0.3) is 0 Å². The number of nitrogens with zero attached hydrogens (tertiary/aromatic N) is 1. The smallest absolute Gasteiger partial charge is 0.326 e. The largest absolute Gasteiger partial charge is 0.480 e. The van der Waals surface area contributed by atoms with Crippen LogP contribution in [-0.2, 0) is 9.59 Å². The highest BCUT2D eigenvalue weighted by atomic mass is 16.4. The summed E-state index contributed by atoms with van der Waals surface area (Å²) in [5.41, 5.74) is 0. The normalized spacial score (nSPS) is 20.0. The lowest BCUT2D eigenvalue weighted by molar-refractivity contribution is -0.148. The fourth-order valence-corrected chi connectivity index (χ4v) is 3.25. The first kappa shape index (κ1) is 18.0. The molecule has 0 aromatic rings. The number of carboxylic acid groups (broad SMARTS) is 1. The molecule has 0 bridgehead atoms. The van der Waals surface area contributed by atoms with Crippen LogP contribution in [0.1, 0.15) is 84.5 Å². The molecule has 2 unspecified atom stereocenters. The monoisotopic (exact) mass is 297 g/mol. The fraction of sp³-hybridized carbons (Fsp3) is 0.882. The Morgan fingerprint density at radius 1 is 1.14 bits per heavy atom. The number of carbonyl (C=O) groups is 2. The number of hydrogen-bond acceptors (Lipinski definition) is 2. The van der Waals surface area contributed by atoms with E-state index >= 15 is 0 Å². The van der Waals surface area contributed by atoms with Gasteiger partial charge in [-0.2, -0.15) is 0 Å². The quantitative estimate of drug-likeness (QED) is 0.587. The average Bonchev–Trinajstić information content (AvgIpc) is 2.84. The van der Waals surface area contributed by atoms with Crippen molar-refractivity contribution in [2.45, 2.75) is 96.6 Å². The van der Waals surface area contributed by atoms with Crippen LogP contribution in [0.15, 0.2) is 0 Å². The minimum absolute atomic E-state index is 0.0389. The van der Waals surface area contributed by atoms with Crippen LogP contribution < -0.4 is 0 Å². The van der Waals surface area contributed by atoms with Gasteiger partial charge in [-0.05, 0) is 19.3 Å². The molecule has 0 aromatic carbocycles. The van der Waals surface area contributed by atoms with Crippen LogP contribution in [0.3, 0.4) is 0 Å². The van der Waals surface area contributed by atoms with Crippen molar-refractivity contribution in [3.8, 4) is 0 Å². The maximum absolute atomic E-state index is 12.1. The van der Waals surface area contributed by atoms with E-state index in [1.165, 1.54) is 25.7 Å². The summed E-state index contributed by atoms with van der Waals surface area (Å²) in [5.74, 6) is -0.801. The van der Waals surface area contributed by atoms with Crippen LogP contribution in [0, 0.1) is 0 Å². The summed E-state index contributed by atoms with van der Waals surface area (Å²) in [6, 6.07) is -0.460. The van der Waals surface area contributed by atoms with Crippen molar-refractivity contribution in [2.24, 2.45) is 0 Å². The Balaban J connectivity index is 2.57. The van der Waals surface area contributed by atoms with Crippen molar-refractivity contribution in [1.29, 1.82) is 0 Å². The van der Waals surface area contributed by atoms with Crippen LogP contribution in [-0.4, -0.2) is 34.0 Å². The Labute approximate surface area is 128 Å². The summed E-state index contributed by atoms with van der Waals surface area (Å²) in [5, 5.41) is 9.32. The van der Waals surface area contributed by atoms with Gasteiger partial charge in [0.1, 0.15) is 6.04 Å². The second-order valence-electron chi connectivity index (χ2n) is 6.19. The lowest BCUT2D eigenvalue weighted by atomic mass is 9.99. The van der Waals surface area contributed by atoms with Crippen molar-refractivity contribution >= 4 is 11.9 Å². The molecule has 1 heterocycles. The van der Waals surface area contributed by atoms with E-state index in [2.05, 4.69) is 13.8 Å². The summed E-state index contributed by atoms with van der Waals surface area (Å²) < 4.78 is 0. The molecule has 122 valence electrons. The van der Waals surface area contributed by atoms with E-state index in [0.717, 1.165) is 32.1 Å². The zero-order valence-electron chi connectivity index (χ0n) is 13.6. The third-order valence-corrected chi connectivity index (χ3v) is 4.47. The maximum Gasteiger partial charge on any atom is 0.326 e. The molecule has 1 aliphatic rings. The predicted octanol–water partition coefficient (Wildman–Crippen LogP) is 3.98. The molecule has 4 heteroatoms. The van der Waals surface area contributed by atoms with E-state index in [9.17, 15) is 14.7 Å². The minimum atomic E-state index is -0.840. The molecule has 1 N–H and O–H groups in total. The number of carboxylic acids is 1. The first-order valence-electron chi connectivity index (χ1n) is 8.65. The lowest BCUT2D eigenvalue weighted by Gasteiger charge is -2.31. The van der Waals surface area contributed by atoms with Crippen molar-refractivity contribution in [3.05, 3.63) is 0 Å². The highest BCUT2D eigenvalue weighted by Crippen LogP contribution is 2.27. The third kappa shape index (κ3) is 5.68. The predicted molar refractivity (Wildman–Crippen MR) is 84.2 cm³/mol. The Morgan fingerprint density at radius 3 is 2.38 bits per heavy atom. The SMILES string of the molecule is CCCCCCCC(CCCC)N1C(=O)CCC1C(=O)O. The summed E-state index contributed by atoms with van der Waals surface area (Å²) in [6.07, 6.45) is 11.0. The van der Waals surface area contributed by atoms with Crippen molar-refractivity contribution in [2.75, 3.05) is 0 Å². The second kappa shape index (κ2) is 9.80. The van der Waals surface area contributed by atoms with Crippen molar-refractivity contribution in [3.63, 3.8) is 0 Å². The molecule has 1 aliphatic heterocycles. The average molecular weight is 297 g/mol. The van der Waals surface area contributed by atoms with Gasteiger partial charge in [0.15, 0.2) is 0 Å². The summed E-state index contributed by atoms with van der Waals surface area (Å²) in [7, 11) is 0. The van der Waals surface area contributed by atoms with Gasteiger partial charge in [-0.1, -0.05) is 58.8 Å². The highest BCUT2D eigenvalue weighted by Gasteiger charge is 2.39. The molecule has 0 saturated carbocycles. The molecule has 2 atom stereocenters. The van der Waals surface area contributed by atoms with E-state index in [1.807, 2.05) is 0 Å². The van der Waals surface area contributed by atoms with Crippen LogP contribution >= 0.6 is 0 Å². The topological polar surface area (TPSA) is 57.6 Å². The molecule has 21 heavy (non-hydrogen) atoms. The Hall–Kier alpha value is -1.06. The van der Waals surface area contributed by atoms with Crippen LogP contribution in [0.2, 0.25) is 0 Å². The second-order valence-corrected chi connectivity index (χ2v) is 6.19. The van der Waals surface area contributed by atoms with Gasteiger partial charge in [0.05, 0.1) is 0 Å². The van der Waals surface area contributed by atoms with Gasteiger partial charge in [-0.15, -0.1) is 0 Å². The van der Waals surface area contributed by atoms with Gasteiger partial charge in [0, 0.05) is 12.5 Å². The molecular formula is C17H31NO3. The van der Waals surface area contributed by atoms with E-state index in [1.54, 1.807) is 4.90 Å². The van der Waals surface area contributed by atoms with Gasteiger partial charge in [-0.25, -0.2) is 4.79 Å². The summed E-state index contributed by atoms with van der Waals surface area (Å²) >= 11 is 0. The fourth-order valence-electron chi connectivity index (χ4n) is 3.25. The number of rotatable bonds is 11. The van der Waals surface area contributed by atoms with E-state index in [0.29, 0.717) is 12.8 Å². The molecule has 1 fully saturated rings. The van der Waals surface area contributed by atoms with Gasteiger partial charge in [-0.3, -0.25) is 4.79 Å². The Kier molecular flexibility index (Phi) is 8.40. The molecular weight excluding hydrogens is 266 g/mol. The minimum Gasteiger partial charge on any atom is -0.480 e. The third-order valence-electron chi connectivity index (χ3n) is 4.47. The number of amides is 1. The summed E-state index contributed by atoms with van der Waals surface area (Å²) in [6.45, 7) is 4.34. The van der Waals surface area contributed by atoms with Gasteiger partial charge in [0.2, 0.25) is 5.91 Å². The van der Waals surface area contributed by atoms with E-state index in [4.69, 9.17) is 0 Å². The van der Waals surface area contributed by atoms with Gasteiger partial charge in [0.25, 0.3) is 0 Å². The molecule has 0 spiro atoms. The first-order valence-corrected chi connectivity index (χ1v) is 8.65. The Bertz CT molecular complexity index is 330. The highest BCUT2D eigenvalue weighted by molar-refractivity contribution is 5.87. The van der Waals surface area contributed by atoms with Gasteiger partial charge < -0.3 is 10.0 Å². The molecule has 1 amide bonds. The number of likely N-dealkylation sites (tertiary alicyclic amines) is 1. The first-order chi connectivity index (χ1) is 10.1. The molecule has 0 aromatic heterocycles. The molecule has 0 radical (unpaired) electrons. The molecule has 0 aliphatic carbocycles.